The van der Waals surface area contributed by atoms with Crippen LogP contribution in [0.2, 0.25) is 0 Å². The minimum absolute atomic E-state index is 0.0171. The molecule has 2 aromatic rings. The van der Waals surface area contributed by atoms with Crippen molar-refractivity contribution in [2.75, 3.05) is 13.1 Å². The van der Waals surface area contributed by atoms with Crippen molar-refractivity contribution in [3.05, 3.63) is 65.2 Å². The summed E-state index contributed by atoms with van der Waals surface area (Å²) < 4.78 is 6.14. The molecular formula is C25H32N2O2. The lowest BCUT2D eigenvalue weighted by atomic mass is 9.88. The van der Waals surface area contributed by atoms with Gasteiger partial charge in [-0.2, -0.15) is 0 Å². The topological polar surface area (TPSA) is 41.6 Å². The number of rotatable bonds is 4. The second kappa shape index (κ2) is 8.19. The molecule has 1 fully saturated rings. The number of carbonyl (C=O) groups excluding carboxylic acids is 1. The van der Waals surface area contributed by atoms with Crippen LogP contribution >= 0.6 is 0 Å². The number of amides is 1. The second-order valence-electron chi connectivity index (χ2n) is 9.20. The van der Waals surface area contributed by atoms with E-state index in [2.05, 4.69) is 73.5 Å². The molecule has 0 unspecified atom stereocenters. The summed E-state index contributed by atoms with van der Waals surface area (Å²) in [4.78, 5) is 15.5. The summed E-state index contributed by atoms with van der Waals surface area (Å²) in [6.45, 7) is 9.19. The number of hydrogen-bond acceptors (Lipinski definition) is 3. The number of fused-ring (bicyclic) bond motifs is 1. The Morgan fingerprint density at radius 2 is 1.86 bits per heavy atom. The van der Waals surface area contributed by atoms with Gasteiger partial charge in [-0.3, -0.25) is 9.69 Å². The number of likely N-dealkylation sites (tertiary alicyclic amines) is 1. The summed E-state index contributed by atoms with van der Waals surface area (Å²) in [5, 5.41) is 3.35. The summed E-state index contributed by atoms with van der Waals surface area (Å²) in [5.41, 5.74) is 3.37. The summed E-state index contributed by atoms with van der Waals surface area (Å²) in [5.74, 6) is 1.19. The van der Waals surface area contributed by atoms with Gasteiger partial charge in [-0.1, -0.05) is 48.0 Å². The van der Waals surface area contributed by atoms with E-state index in [1.165, 1.54) is 11.1 Å². The van der Waals surface area contributed by atoms with Crippen LogP contribution in [0.15, 0.2) is 48.5 Å². The highest BCUT2D eigenvalue weighted by Crippen LogP contribution is 2.40. The fourth-order valence-electron chi connectivity index (χ4n) is 4.59. The Bertz CT molecular complexity index is 854. The molecule has 0 saturated carbocycles. The number of ether oxygens (including phenoxy) is 1. The molecule has 4 heteroatoms. The number of piperidine rings is 1. The molecule has 2 aliphatic rings. The third-order valence-electron chi connectivity index (χ3n) is 6.15. The third-order valence-corrected chi connectivity index (χ3v) is 6.15. The van der Waals surface area contributed by atoms with Crippen molar-refractivity contribution in [3.8, 4) is 5.75 Å². The molecule has 29 heavy (non-hydrogen) atoms. The van der Waals surface area contributed by atoms with Crippen molar-refractivity contribution in [2.45, 2.75) is 58.2 Å². The minimum atomic E-state index is -0.279. The molecule has 154 valence electrons. The maximum Gasteiger partial charge on any atom is 0.223 e. The average Bonchev–Trinajstić information content (AvgIpc) is 2.69. The zero-order chi connectivity index (χ0) is 20.4. The molecule has 0 bridgehead atoms. The number of benzene rings is 2. The van der Waals surface area contributed by atoms with Crippen molar-refractivity contribution in [1.29, 1.82) is 0 Å². The van der Waals surface area contributed by atoms with E-state index in [1.54, 1.807) is 0 Å². The van der Waals surface area contributed by atoms with Crippen LogP contribution in [0.4, 0.5) is 0 Å². The molecule has 1 atom stereocenters. The first-order valence-corrected chi connectivity index (χ1v) is 10.8. The van der Waals surface area contributed by atoms with Crippen molar-refractivity contribution in [1.82, 2.24) is 10.2 Å². The van der Waals surface area contributed by atoms with E-state index in [0.29, 0.717) is 0 Å². The van der Waals surface area contributed by atoms with Gasteiger partial charge in [0.05, 0.1) is 6.04 Å². The van der Waals surface area contributed by atoms with E-state index in [-0.39, 0.29) is 23.5 Å². The molecule has 0 spiro atoms. The van der Waals surface area contributed by atoms with Crippen LogP contribution in [0.1, 0.15) is 55.8 Å². The van der Waals surface area contributed by atoms with E-state index in [1.807, 2.05) is 6.07 Å². The quantitative estimate of drug-likeness (QED) is 0.825. The van der Waals surface area contributed by atoms with Gasteiger partial charge < -0.3 is 10.1 Å². The maximum atomic E-state index is 13.1. The Morgan fingerprint density at radius 3 is 2.59 bits per heavy atom. The molecule has 2 heterocycles. The second-order valence-corrected chi connectivity index (χ2v) is 9.20. The van der Waals surface area contributed by atoms with E-state index in [4.69, 9.17) is 4.74 Å². The fourth-order valence-corrected chi connectivity index (χ4v) is 4.59. The first-order chi connectivity index (χ1) is 13.9. The standard InChI is InChI=1S/C25H32N2O2/c1-18-9-10-23-21(15-18)22(16-25(2,3)29-23)26-24(28)20-11-13-27(14-12-20)17-19-7-5-4-6-8-19/h4-10,15,20,22H,11-14,16-17H2,1-3H3,(H,26,28)/t22-/m1/s1. The van der Waals surface area contributed by atoms with Crippen LogP contribution in [0.25, 0.3) is 0 Å². The SMILES string of the molecule is Cc1ccc2c(c1)[C@H](NC(=O)C1CCN(Cc3ccccc3)CC1)CC(C)(C)O2. The van der Waals surface area contributed by atoms with Crippen molar-refractivity contribution in [2.24, 2.45) is 5.92 Å². The summed E-state index contributed by atoms with van der Waals surface area (Å²) in [6, 6.07) is 16.8. The molecular weight excluding hydrogens is 360 g/mol. The Hall–Kier alpha value is -2.33. The molecule has 2 aromatic carbocycles. The molecule has 0 radical (unpaired) electrons. The lowest BCUT2D eigenvalue weighted by molar-refractivity contribution is -0.127. The molecule has 4 nitrogen and oxygen atoms in total. The molecule has 4 rings (SSSR count). The zero-order valence-electron chi connectivity index (χ0n) is 17.8. The molecule has 1 amide bonds. The number of nitrogens with one attached hydrogen (secondary N) is 1. The Morgan fingerprint density at radius 1 is 1.14 bits per heavy atom. The van der Waals surface area contributed by atoms with Gasteiger partial charge in [0, 0.05) is 24.4 Å². The van der Waals surface area contributed by atoms with Gasteiger partial charge >= 0.3 is 0 Å². The predicted molar refractivity (Wildman–Crippen MR) is 116 cm³/mol. The van der Waals surface area contributed by atoms with E-state index in [0.717, 1.165) is 50.2 Å². The zero-order valence-corrected chi connectivity index (χ0v) is 17.8. The van der Waals surface area contributed by atoms with Gasteiger partial charge in [-0.05, 0) is 58.3 Å². The predicted octanol–water partition coefficient (Wildman–Crippen LogP) is 4.63. The van der Waals surface area contributed by atoms with Crippen LogP contribution in [0.3, 0.4) is 0 Å². The maximum absolute atomic E-state index is 13.1. The van der Waals surface area contributed by atoms with Gasteiger partial charge in [0.2, 0.25) is 5.91 Å². The summed E-state index contributed by atoms with van der Waals surface area (Å²) in [6.07, 6.45) is 2.64. The summed E-state index contributed by atoms with van der Waals surface area (Å²) >= 11 is 0. The highest BCUT2D eigenvalue weighted by atomic mass is 16.5. The van der Waals surface area contributed by atoms with Crippen LogP contribution < -0.4 is 10.1 Å². The van der Waals surface area contributed by atoms with Gasteiger partial charge in [-0.25, -0.2) is 0 Å². The van der Waals surface area contributed by atoms with Crippen LogP contribution in [0, 0.1) is 12.8 Å². The normalized spacial score (nSPS) is 21.8. The fraction of sp³-hybridized carbons (Fsp3) is 0.480. The Balaban J connectivity index is 1.37. The average molecular weight is 393 g/mol. The first-order valence-electron chi connectivity index (χ1n) is 10.8. The van der Waals surface area contributed by atoms with Crippen LogP contribution in [-0.2, 0) is 11.3 Å². The molecule has 0 aromatic heterocycles. The highest BCUT2D eigenvalue weighted by molar-refractivity contribution is 5.79. The van der Waals surface area contributed by atoms with Crippen molar-refractivity contribution < 1.29 is 9.53 Å². The molecule has 2 aliphatic heterocycles. The van der Waals surface area contributed by atoms with Gasteiger partial charge in [0.1, 0.15) is 11.4 Å². The van der Waals surface area contributed by atoms with E-state index >= 15 is 0 Å². The summed E-state index contributed by atoms with van der Waals surface area (Å²) in [7, 11) is 0. The third kappa shape index (κ3) is 4.81. The number of aryl methyl sites for hydroxylation is 1. The Kier molecular flexibility index (Phi) is 5.64. The van der Waals surface area contributed by atoms with E-state index < -0.39 is 0 Å². The van der Waals surface area contributed by atoms with E-state index in [9.17, 15) is 4.79 Å². The number of nitrogens with zero attached hydrogens (tertiary/aromatic N) is 1. The minimum Gasteiger partial charge on any atom is -0.487 e. The molecule has 0 aliphatic carbocycles. The van der Waals surface area contributed by atoms with Crippen LogP contribution in [-0.4, -0.2) is 29.5 Å². The first kappa shape index (κ1) is 20.0. The smallest absolute Gasteiger partial charge is 0.223 e. The van der Waals surface area contributed by atoms with Gasteiger partial charge in [-0.15, -0.1) is 0 Å². The number of carbonyl (C=O) groups is 1. The van der Waals surface area contributed by atoms with Gasteiger partial charge in [0.25, 0.3) is 0 Å². The van der Waals surface area contributed by atoms with Crippen molar-refractivity contribution in [3.63, 3.8) is 0 Å². The Labute approximate surface area is 174 Å². The number of hydrogen-bond donors (Lipinski definition) is 1. The highest BCUT2D eigenvalue weighted by Gasteiger charge is 2.36. The lowest BCUT2D eigenvalue weighted by Crippen LogP contribution is -2.45. The van der Waals surface area contributed by atoms with Crippen molar-refractivity contribution >= 4 is 5.91 Å². The van der Waals surface area contributed by atoms with Gasteiger partial charge in [0.15, 0.2) is 0 Å². The lowest BCUT2D eigenvalue weighted by Gasteiger charge is -2.39. The largest absolute Gasteiger partial charge is 0.487 e. The van der Waals surface area contributed by atoms with Crippen LogP contribution in [0.5, 0.6) is 5.75 Å². The molecule has 1 N–H and O–H groups in total. The molecule has 1 saturated heterocycles. The monoisotopic (exact) mass is 392 g/mol.